The third-order valence-electron chi connectivity index (χ3n) is 3.73. The van der Waals surface area contributed by atoms with Gasteiger partial charge in [0.2, 0.25) is 11.8 Å². The SMILES string of the molecule is CC(C)Nc1ccc(OCc2ccccc2)nc1OCc1ccccc1. The topological polar surface area (TPSA) is 43.4 Å². The largest absolute Gasteiger partial charge is 0.473 e. The number of pyridine rings is 1. The first-order chi connectivity index (χ1) is 12.7. The summed E-state index contributed by atoms with van der Waals surface area (Å²) in [7, 11) is 0. The van der Waals surface area contributed by atoms with Crippen LogP contribution in [0.3, 0.4) is 0 Å². The first-order valence-electron chi connectivity index (χ1n) is 8.82. The molecule has 0 aliphatic rings. The molecule has 2 aromatic carbocycles. The Morgan fingerprint density at radius 2 is 1.35 bits per heavy atom. The Bertz CT molecular complexity index is 805. The van der Waals surface area contributed by atoms with Gasteiger partial charge in [-0.3, -0.25) is 0 Å². The molecule has 0 saturated carbocycles. The summed E-state index contributed by atoms with van der Waals surface area (Å²) in [5.41, 5.74) is 3.06. The quantitative estimate of drug-likeness (QED) is 0.618. The summed E-state index contributed by atoms with van der Waals surface area (Å²) >= 11 is 0. The van der Waals surface area contributed by atoms with Crippen LogP contribution in [0.1, 0.15) is 25.0 Å². The first kappa shape index (κ1) is 17.8. The highest BCUT2D eigenvalue weighted by molar-refractivity contribution is 5.54. The predicted octanol–water partition coefficient (Wildman–Crippen LogP) is 5.06. The molecule has 1 N–H and O–H groups in total. The monoisotopic (exact) mass is 348 g/mol. The lowest BCUT2D eigenvalue weighted by Crippen LogP contribution is -2.12. The molecule has 1 heterocycles. The lowest BCUT2D eigenvalue weighted by molar-refractivity contribution is 0.268. The van der Waals surface area contributed by atoms with Crippen molar-refractivity contribution in [2.75, 3.05) is 5.32 Å². The van der Waals surface area contributed by atoms with E-state index in [1.165, 1.54) is 0 Å². The fraction of sp³-hybridized carbons (Fsp3) is 0.227. The molecule has 0 atom stereocenters. The highest BCUT2D eigenvalue weighted by atomic mass is 16.5. The highest BCUT2D eigenvalue weighted by Crippen LogP contribution is 2.27. The van der Waals surface area contributed by atoms with Crippen molar-refractivity contribution in [1.82, 2.24) is 4.98 Å². The number of nitrogens with zero attached hydrogens (tertiary/aromatic N) is 1. The van der Waals surface area contributed by atoms with E-state index < -0.39 is 0 Å². The van der Waals surface area contributed by atoms with E-state index in [0.29, 0.717) is 25.0 Å². The van der Waals surface area contributed by atoms with E-state index >= 15 is 0 Å². The predicted molar refractivity (Wildman–Crippen MR) is 105 cm³/mol. The van der Waals surface area contributed by atoms with E-state index in [1.54, 1.807) is 0 Å². The van der Waals surface area contributed by atoms with Crippen molar-refractivity contribution in [3.05, 3.63) is 83.9 Å². The van der Waals surface area contributed by atoms with Crippen molar-refractivity contribution < 1.29 is 9.47 Å². The zero-order valence-electron chi connectivity index (χ0n) is 15.2. The van der Waals surface area contributed by atoms with Gasteiger partial charge in [-0.1, -0.05) is 60.7 Å². The average Bonchev–Trinajstić information content (AvgIpc) is 2.67. The number of benzene rings is 2. The molecule has 1 aromatic heterocycles. The van der Waals surface area contributed by atoms with Gasteiger partial charge in [0.25, 0.3) is 0 Å². The molecular weight excluding hydrogens is 324 g/mol. The van der Waals surface area contributed by atoms with Crippen LogP contribution in [0.25, 0.3) is 0 Å². The normalized spacial score (nSPS) is 10.6. The minimum Gasteiger partial charge on any atom is -0.473 e. The van der Waals surface area contributed by atoms with Crippen molar-refractivity contribution in [2.24, 2.45) is 0 Å². The van der Waals surface area contributed by atoms with Gasteiger partial charge in [-0.25, -0.2) is 0 Å². The van der Waals surface area contributed by atoms with Gasteiger partial charge in [0.1, 0.15) is 13.2 Å². The van der Waals surface area contributed by atoms with Gasteiger partial charge in [-0.2, -0.15) is 4.98 Å². The van der Waals surface area contributed by atoms with Gasteiger partial charge in [0, 0.05) is 12.1 Å². The van der Waals surface area contributed by atoms with Crippen molar-refractivity contribution in [1.29, 1.82) is 0 Å². The van der Waals surface area contributed by atoms with E-state index in [-0.39, 0.29) is 6.04 Å². The second-order valence-corrected chi connectivity index (χ2v) is 6.35. The fourth-order valence-electron chi connectivity index (χ4n) is 2.49. The Labute approximate surface area is 154 Å². The summed E-state index contributed by atoms with van der Waals surface area (Å²) in [4.78, 5) is 4.55. The summed E-state index contributed by atoms with van der Waals surface area (Å²) in [6, 6.07) is 24.2. The van der Waals surface area contributed by atoms with Crippen molar-refractivity contribution >= 4 is 5.69 Å². The Hall–Kier alpha value is -3.01. The van der Waals surface area contributed by atoms with Gasteiger partial charge < -0.3 is 14.8 Å². The number of hydrogen-bond acceptors (Lipinski definition) is 4. The molecule has 0 aliphatic heterocycles. The van der Waals surface area contributed by atoms with E-state index in [9.17, 15) is 0 Å². The van der Waals surface area contributed by atoms with Gasteiger partial charge in [-0.15, -0.1) is 0 Å². The maximum atomic E-state index is 5.96. The molecule has 0 spiro atoms. The zero-order chi connectivity index (χ0) is 18.2. The van der Waals surface area contributed by atoms with E-state index in [0.717, 1.165) is 16.8 Å². The van der Waals surface area contributed by atoms with Crippen LogP contribution in [0, 0.1) is 0 Å². The van der Waals surface area contributed by atoms with Crippen LogP contribution in [0.15, 0.2) is 72.8 Å². The number of aromatic nitrogens is 1. The van der Waals surface area contributed by atoms with Gasteiger partial charge in [0.05, 0.1) is 5.69 Å². The van der Waals surface area contributed by atoms with E-state index in [4.69, 9.17) is 9.47 Å². The van der Waals surface area contributed by atoms with Crippen molar-refractivity contribution in [2.45, 2.75) is 33.1 Å². The van der Waals surface area contributed by atoms with Crippen molar-refractivity contribution in [3.8, 4) is 11.8 Å². The molecule has 0 bridgehead atoms. The van der Waals surface area contributed by atoms with E-state index in [1.807, 2.05) is 72.8 Å². The third kappa shape index (κ3) is 5.24. The minimum absolute atomic E-state index is 0.284. The maximum absolute atomic E-state index is 5.96. The minimum atomic E-state index is 0.284. The van der Waals surface area contributed by atoms with Crippen LogP contribution >= 0.6 is 0 Å². The van der Waals surface area contributed by atoms with Gasteiger partial charge in [0.15, 0.2) is 0 Å². The van der Waals surface area contributed by atoms with Crippen molar-refractivity contribution in [3.63, 3.8) is 0 Å². The number of nitrogens with one attached hydrogen (secondary N) is 1. The molecule has 4 heteroatoms. The molecule has 26 heavy (non-hydrogen) atoms. The standard InChI is InChI=1S/C22H24N2O2/c1-17(2)23-20-13-14-21(25-15-18-9-5-3-6-10-18)24-22(20)26-16-19-11-7-4-8-12-19/h3-14,17,23H,15-16H2,1-2H3. The first-order valence-corrected chi connectivity index (χ1v) is 8.82. The summed E-state index contributed by atoms with van der Waals surface area (Å²) in [6.45, 7) is 5.10. The second-order valence-electron chi connectivity index (χ2n) is 6.35. The summed E-state index contributed by atoms with van der Waals surface area (Å²) < 4.78 is 11.8. The maximum Gasteiger partial charge on any atom is 0.241 e. The van der Waals surface area contributed by atoms with Gasteiger partial charge >= 0.3 is 0 Å². The Kier molecular flexibility index (Phi) is 6.09. The molecule has 3 rings (SSSR count). The lowest BCUT2D eigenvalue weighted by atomic mass is 10.2. The van der Waals surface area contributed by atoms with Crippen LogP contribution < -0.4 is 14.8 Å². The third-order valence-corrected chi connectivity index (χ3v) is 3.73. The molecule has 3 aromatic rings. The fourth-order valence-corrected chi connectivity index (χ4v) is 2.49. The van der Waals surface area contributed by atoms with Crippen LogP contribution in [0.2, 0.25) is 0 Å². The number of anilines is 1. The van der Waals surface area contributed by atoms with Crippen LogP contribution in [-0.4, -0.2) is 11.0 Å². The molecule has 0 unspecified atom stereocenters. The Morgan fingerprint density at radius 3 is 1.92 bits per heavy atom. The van der Waals surface area contributed by atoms with E-state index in [2.05, 4.69) is 24.1 Å². The Morgan fingerprint density at radius 1 is 0.769 bits per heavy atom. The molecule has 0 fully saturated rings. The smallest absolute Gasteiger partial charge is 0.241 e. The molecule has 0 saturated heterocycles. The van der Waals surface area contributed by atoms with Crippen LogP contribution in [0.4, 0.5) is 5.69 Å². The van der Waals surface area contributed by atoms with Crippen LogP contribution in [0.5, 0.6) is 11.8 Å². The lowest BCUT2D eigenvalue weighted by Gasteiger charge is -2.16. The molecule has 0 amide bonds. The average molecular weight is 348 g/mol. The molecule has 4 nitrogen and oxygen atoms in total. The molecule has 134 valence electrons. The number of hydrogen-bond donors (Lipinski definition) is 1. The van der Waals surface area contributed by atoms with Gasteiger partial charge in [-0.05, 0) is 31.0 Å². The number of rotatable bonds is 8. The molecule has 0 radical (unpaired) electrons. The van der Waals surface area contributed by atoms with Crippen LogP contribution in [-0.2, 0) is 13.2 Å². The zero-order valence-corrected chi connectivity index (χ0v) is 15.2. The highest BCUT2D eigenvalue weighted by Gasteiger charge is 2.10. The summed E-state index contributed by atoms with van der Waals surface area (Å²) in [5.74, 6) is 1.10. The summed E-state index contributed by atoms with van der Waals surface area (Å²) in [6.07, 6.45) is 0. The number of ether oxygens (including phenoxy) is 2. The second kappa shape index (κ2) is 8.90. The summed E-state index contributed by atoms with van der Waals surface area (Å²) in [5, 5.41) is 3.37. The Balaban J connectivity index is 1.72. The molecular formula is C22H24N2O2. The molecule has 0 aliphatic carbocycles.